The summed E-state index contributed by atoms with van der Waals surface area (Å²) >= 11 is 0. The van der Waals surface area contributed by atoms with Gasteiger partial charge >= 0.3 is 0 Å². The van der Waals surface area contributed by atoms with Crippen molar-refractivity contribution in [2.24, 2.45) is 0 Å². The van der Waals surface area contributed by atoms with Crippen LogP contribution in [0.4, 0.5) is 14.5 Å². The summed E-state index contributed by atoms with van der Waals surface area (Å²) < 4.78 is 27.3. The lowest BCUT2D eigenvalue weighted by molar-refractivity contribution is 0.0882. The third-order valence-electron chi connectivity index (χ3n) is 3.93. The first-order valence-corrected chi connectivity index (χ1v) is 6.94. The summed E-state index contributed by atoms with van der Waals surface area (Å²) in [6, 6.07) is 2.13. The van der Waals surface area contributed by atoms with Crippen molar-refractivity contribution in [1.82, 2.24) is 5.32 Å². The molecule has 0 atom stereocenters. The molecule has 0 spiro atoms. The molecule has 0 bridgehead atoms. The van der Waals surface area contributed by atoms with Gasteiger partial charge in [0.1, 0.15) is 17.3 Å². The predicted molar refractivity (Wildman–Crippen MR) is 74.9 cm³/mol. The number of nitrogens with one attached hydrogen (secondary N) is 2. The molecular formula is C15H20F2N2O. The maximum atomic E-state index is 13.7. The highest BCUT2D eigenvalue weighted by Crippen LogP contribution is 2.28. The minimum absolute atomic E-state index is 0.0193. The molecule has 5 heteroatoms. The van der Waals surface area contributed by atoms with E-state index in [1.54, 1.807) is 0 Å². The summed E-state index contributed by atoms with van der Waals surface area (Å²) in [6.45, 7) is 1.98. The van der Waals surface area contributed by atoms with E-state index in [-0.39, 0.29) is 16.8 Å². The molecule has 20 heavy (non-hydrogen) atoms. The normalized spacial score (nSPS) is 17.6. The molecule has 2 rings (SSSR count). The van der Waals surface area contributed by atoms with E-state index in [9.17, 15) is 13.6 Å². The fourth-order valence-electron chi connectivity index (χ4n) is 2.75. The van der Waals surface area contributed by atoms with Gasteiger partial charge in [-0.3, -0.25) is 4.79 Å². The SMILES string of the molecule is CNc1c(F)cc(C(=O)NC2(C)CCCCC2)cc1F. The number of carbonyl (C=O) groups excluding carboxylic acids is 1. The van der Waals surface area contributed by atoms with Crippen LogP contribution in [0, 0.1) is 11.6 Å². The third-order valence-corrected chi connectivity index (χ3v) is 3.93. The molecular weight excluding hydrogens is 262 g/mol. The lowest BCUT2D eigenvalue weighted by Crippen LogP contribution is -2.47. The minimum Gasteiger partial charge on any atom is -0.383 e. The molecule has 1 saturated carbocycles. The highest BCUT2D eigenvalue weighted by molar-refractivity contribution is 5.95. The minimum atomic E-state index is -0.758. The number of rotatable bonds is 3. The second kappa shape index (κ2) is 5.77. The molecule has 0 aliphatic heterocycles. The van der Waals surface area contributed by atoms with Crippen molar-refractivity contribution in [3.63, 3.8) is 0 Å². The topological polar surface area (TPSA) is 41.1 Å². The van der Waals surface area contributed by atoms with Gasteiger partial charge in [0.05, 0.1) is 0 Å². The average molecular weight is 282 g/mol. The van der Waals surface area contributed by atoms with Crippen molar-refractivity contribution >= 4 is 11.6 Å². The Morgan fingerprint density at radius 1 is 1.15 bits per heavy atom. The largest absolute Gasteiger partial charge is 0.383 e. The van der Waals surface area contributed by atoms with Gasteiger partial charge in [-0.05, 0) is 31.9 Å². The Labute approximate surface area is 117 Å². The van der Waals surface area contributed by atoms with Crippen molar-refractivity contribution < 1.29 is 13.6 Å². The van der Waals surface area contributed by atoms with E-state index < -0.39 is 17.5 Å². The van der Waals surface area contributed by atoms with Gasteiger partial charge in [0.25, 0.3) is 5.91 Å². The number of carbonyl (C=O) groups is 1. The number of hydrogen-bond acceptors (Lipinski definition) is 2. The van der Waals surface area contributed by atoms with Crippen LogP contribution in [-0.2, 0) is 0 Å². The molecule has 0 aromatic heterocycles. The first kappa shape index (κ1) is 14.8. The van der Waals surface area contributed by atoms with Crippen molar-refractivity contribution in [2.75, 3.05) is 12.4 Å². The molecule has 1 fully saturated rings. The zero-order chi connectivity index (χ0) is 14.8. The zero-order valence-corrected chi connectivity index (χ0v) is 11.9. The number of benzene rings is 1. The highest BCUT2D eigenvalue weighted by Gasteiger charge is 2.29. The van der Waals surface area contributed by atoms with E-state index in [4.69, 9.17) is 0 Å². The Morgan fingerprint density at radius 3 is 2.20 bits per heavy atom. The van der Waals surface area contributed by atoms with Crippen LogP contribution in [0.25, 0.3) is 0 Å². The third kappa shape index (κ3) is 3.08. The number of anilines is 1. The zero-order valence-electron chi connectivity index (χ0n) is 11.9. The molecule has 1 aliphatic carbocycles. The Kier molecular flexibility index (Phi) is 4.26. The summed E-state index contributed by atoms with van der Waals surface area (Å²) in [5.74, 6) is -1.94. The molecule has 0 radical (unpaired) electrons. The summed E-state index contributed by atoms with van der Waals surface area (Å²) in [4.78, 5) is 12.2. The van der Waals surface area contributed by atoms with Crippen LogP contribution in [0.1, 0.15) is 49.4 Å². The molecule has 1 aromatic rings. The van der Waals surface area contributed by atoms with E-state index in [1.165, 1.54) is 13.5 Å². The molecule has 1 aromatic carbocycles. The van der Waals surface area contributed by atoms with Crippen molar-refractivity contribution in [1.29, 1.82) is 0 Å². The van der Waals surface area contributed by atoms with E-state index in [1.807, 2.05) is 6.92 Å². The van der Waals surface area contributed by atoms with Crippen LogP contribution >= 0.6 is 0 Å². The summed E-state index contributed by atoms with van der Waals surface area (Å²) in [5, 5.41) is 5.35. The maximum Gasteiger partial charge on any atom is 0.251 e. The number of halogens is 2. The van der Waals surface area contributed by atoms with Crippen LogP contribution in [0.5, 0.6) is 0 Å². The molecule has 110 valence electrons. The fourth-order valence-corrected chi connectivity index (χ4v) is 2.75. The molecule has 0 saturated heterocycles. The second-order valence-corrected chi connectivity index (χ2v) is 5.64. The molecule has 3 nitrogen and oxygen atoms in total. The smallest absolute Gasteiger partial charge is 0.251 e. The second-order valence-electron chi connectivity index (χ2n) is 5.64. The Morgan fingerprint density at radius 2 is 1.70 bits per heavy atom. The van der Waals surface area contributed by atoms with Gasteiger partial charge in [-0.25, -0.2) is 8.78 Å². The molecule has 0 heterocycles. The number of hydrogen-bond donors (Lipinski definition) is 2. The Hall–Kier alpha value is -1.65. The van der Waals surface area contributed by atoms with Gasteiger partial charge in [0.2, 0.25) is 0 Å². The van der Waals surface area contributed by atoms with Crippen molar-refractivity contribution in [3.05, 3.63) is 29.3 Å². The van der Waals surface area contributed by atoms with Crippen LogP contribution in [0.15, 0.2) is 12.1 Å². The van der Waals surface area contributed by atoms with Crippen LogP contribution in [0.2, 0.25) is 0 Å². The van der Waals surface area contributed by atoms with Gasteiger partial charge in [0.15, 0.2) is 0 Å². The van der Waals surface area contributed by atoms with Crippen molar-refractivity contribution in [2.45, 2.75) is 44.6 Å². The van der Waals surface area contributed by atoms with E-state index in [0.717, 1.165) is 37.8 Å². The maximum absolute atomic E-state index is 13.7. The lowest BCUT2D eigenvalue weighted by atomic mass is 9.83. The molecule has 1 amide bonds. The van der Waals surface area contributed by atoms with Gasteiger partial charge < -0.3 is 10.6 Å². The number of amides is 1. The van der Waals surface area contributed by atoms with Crippen LogP contribution < -0.4 is 10.6 Å². The standard InChI is InChI=1S/C15H20F2N2O/c1-15(6-4-3-5-7-15)19-14(20)10-8-11(16)13(18-2)12(17)9-10/h8-9,18H,3-7H2,1-2H3,(H,19,20). The fraction of sp³-hybridized carbons (Fsp3) is 0.533. The summed E-state index contributed by atoms with van der Waals surface area (Å²) in [7, 11) is 1.43. The average Bonchev–Trinajstić information content (AvgIpc) is 2.38. The molecule has 2 N–H and O–H groups in total. The lowest BCUT2D eigenvalue weighted by Gasteiger charge is -2.34. The van der Waals surface area contributed by atoms with Crippen LogP contribution in [-0.4, -0.2) is 18.5 Å². The van der Waals surface area contributed by atoms with E-state index in [2.05, 4.69) is 10.6 Å². The highest BCUT2D eigenvalue weighted by atomic mass is 19.1. The van der Waals surface area contributed by atoms with E-state index in [0.29, 0.717) is 0 Å². The van der Waals surface area contributed by atoms with Gasteiger partial charge in [-0.2, -0.15) is 0 Å². The molecule has 1 aliphatic rings. The quantitative estimate of drug-likeness (QED) is 0.891. The monoisotopic (exact) mass is 282 g/mol. The van der Waals surface area contributed by atoms with Crippen LogP contribution in [0.3, 0.4) is 0 Å². The molecule has 0 unspecified atom stereocenters. The first-order valence-electron chi connectivity index (χ1n) is 6.94. The van der Waals surface area contributed by atoms with Gasteiger partial charge in [-0.1, -0.05) is 19.3 Å². The Bertz CT molecular complexity index is 488. The Balaban J connectivity index is 2.17. The predicted octanol–water partition coefficient (Wildman–Crippen LogP) is 3.46. The summed E-state index contributed by atoms with van der Waals surface area (Å²) in [5.41, 5.74) is -0.472. The summed E-state index contributed by atoms with van der Waals surface area (Å²) in [6.07, 6.45) is 5.11. The first-order chi connectivity index (χ1) is 9.45. The van der Waals surface area contributed by atoms with Crippen molar-refractivity contribution in [3.8, 4) is 0 Å². The van der Waals surface area contributed by atoms with Gasteiger partial charge in [0, 0.05) is 18.2 Å². The van der Waals surface area contributed by atoms with Gasteiger partial charge in [-0.15, -0.1) is 0 Å². The van der Waals surface area contributed by atoms with E-state index >= 15 is 0 Å².